The van der Waals surface area contributed by atoms with Gasteiger partial charge in [-0.3, -0.25) is 9.59 Å². The van der Waals surface area contributed by atoms with Crippen LogP contribution in [-0.4, -0.2) is 10.9 Å². The average molecular weight is 242 g/mol. The van der Waals surface area contributed by atoms with Crippen molar-refractivity contribution < 1.29 is 4.79 Å². The van der Waals surface area contributed by atoms with Crippen LogP contribution in [0.5, 0.6) is 0 Å². The molecule has 2 N–H and O–H groups in total. The van der Waals surface area contributed by atoms with Crippen LogP contribution in [0.1, 0.15) is 21.6 Å². The molecule has 0 bridgehead atoms. The third kappa shape index (κ3) is 2.85. The van der Waals surface area contributed by atoms with Gasteiger partial charge >= 0.3 is 0 Å². The first kappa shape index (κ1) is 12.1. The molecule has 0 unspecified atom stereocenters. The molecule has 18 heavy (non-hydrogen) atoms. The number of carbonyl (C=O) groups excluding carboxylic acids is 1. The van der Waals surface area contributed by atoms with Crippen molar-refractivity contribution in [2.24, 2.45) is 0 Å². The Bertz CT molecular complexity index is 644. The Labute approximate surface area is 105 Å². The first-order valence-electron chi connectivity index (χ1n) is 5.63. The molecule has 0 saturated heterocycles. The maximum atomic E-state index is 12.0. The van der Waals surface area contributed by atoms with Gasteiger partial charge in [-0.25, -0.2) is 0 Å². The predicted octanol–water partition coefficient (Wildman–Crippen LogP) is 2.24. The monoisotopic (exact) mass is 242 g/mol. The second-order valence-corrected chi connectivity index (χ2v) is 4.24. The van der Waals surface area contributed by atoms with Crippen molar-refractivity contribution in [2.75, 3.05) is 5.32 Å². The van der Waals surface area contributed by atoms with E-state index in [0.717, 1.165) is 11.3 Å². The van der Waals surface area contributed by atoms with E-state index in [0.29, 0.717) is 11.3 Å². The third-order valence-electron chi connectivity index (χ3n) is 2.52. The number of hydrogen-bond acceptors (Lipinski definition) is 2. The molecule has 0 fully saturated rings. The van der Waals surface area contributed by atoms with Crippen LogP contribution in [0.25, 0.3) is 0 Å². The number of anilines is 1. The number of aryl methyl sites for hydroxylation is 2. The minimum Gasteiger partial charge on any atom is -0.326 e. The molecule has 0 aliphatic rings. The summed E-state index contributed by atoms with van der Waals surface area (Å²) in [4.78, 5) is 25.9. The summed E-state index contributed by atoms with van der Waals surface area (Å²) in [7, 11) is 0. The Morgan fingerprint density at radius 3 is 2.61 bits per heavy atom. The average Bonchev–Trinajstić information content (AvgIpc) is 2.27. The second-order valence-electron chi connectivity index (χ2n) is 4.24. The Morgan fingerprint density at radius 1 is 1.17 bits per heavy atom. The van der Waals surface area contributed by atoms with Crippen LogP contribution < -0.4 is 10.9 Å². The zero-order valence-corrected chi connectivity index (χ0v) is 10.3. The number of benzene rings is 1. The van der Waals surface area contributed by atoms with Crippen molar-refractivity contribution in [3.05, 3.63) is 63.6 Å². The summed E-state index contributed by atoms with van der Waals surface area (Å²) in [5.41, 5.74) is 2.53. The Hall–Kier alpha value is -2.36. The van der Waals surface area contributed by atoms with Gasteiger partial charge < -0.3 is 10.3 Å². The number of nitrogens with one attached hydrogen (secondary N) is 2. The third-order valence-corrected chi connectivity index (χ3v) is 2.52. The maximum Gasteiger partial charge on any atom is 0.255 e. The number of pyridine rings is 1. The van der Waals surface area contributed by atoms with Crippen LogP contribution in [0.2, 0.25) is 0 Å². The Morgan fingerprint density at radius 2 is 1.94 bits per heavy atom. The molecular weight excluding hydrogens is 228 g/mol. The van der Waals surface area contributed by atoms with Crippen molar-refractivity contribution in [1.82, 2.24) is 4.98 Å². The quantitative estimate of drug-likeness (QED) is 0.848. The largest absolute Gasteiger partial charge is 0.326 e. The molecule has 0 aliphatic carbocycles. The molecule has 0 atom stereocenters. The minimum atomic E-state index is -0.283. The molecule has 1 aromatic carbocycles. The highest BCUT2D eigenvalue weighted by Gasteiger charge is 2.07. The Kier molecular flexibility index (Phi) is 3.28. The minimum absolute atomic E-state index is 0.274. The zero-order chi connectivity index (χ0) is 13.1. The van der Waals surface area contributed by atoms with E-state index >= 15 is 0 Å². The molecule has 0 aliphatic heterocycles. The molecule has 1 heterocycles. The molecule has 0 spiro atoms. The van der Waals surface area contributed by atoms with Crippen LogP contribution >= 0.6 is 0 Å². The van der Waals surface area contributed by atoms with Gasteiger partial charge in [0.05, 0.1) is 0 Å². The Balaban J connectivity index is 2.24. The molecular formula is C14H14N2O2. The highest BCUT2D eigenvalue weighted by atomic mass is 16.2. The van der Waals surface area contributed by atoms with E-state index in [1.165, 1.54) is 6.07 Å². The molecule has 1 amide bonds. The van der Waals surface area contributed by atoms with E-state index < -0.39 is 0 Å². The van der Waals surface area contributed by atoms with Gasteiger partial charge in [0, 0.05) is 23.0 Å². The number of aromatic amines is 1. The van der Waals surface area contributed by atoms with Crippen LogP contribution in [-0.2, 0) is 0 Å². The summed E-state index contributed by atoms with van der Waals surface area (Å²) in [5, 5.41) is 2.76. The lowest BCUT2D eigenvalue weighted by atomic mass is 10.2. The van der Waals surface area contributed by atoms with Gasteiger partial charge in [-0.15, -0.1) is 0 Å². The summed E-state index contributed by atoms with van der Waals surface area (Å²) in [6.45, 7) is 3.69. The van der Waals surface area contributed by atoms with Gasteiger partial charge in [-0.05, 0) is 37.6 Å². The summed E-state index contributed by atoms with van der Waals surface area (Å²) in [5.74, 6) is -0.283. The molecule has 4 nitrogen and oxygen atoms in total. The van der Waals surface area contributed by atoms with Crippen molar-refractivity contribution >= 4 is 11.6 Å². The van der Waals surface area contributed by atoms with Crippen molar-refractivity contribution in [3.8, 4) is 0 Å². The fourth-order valence-electron chi connectivity index (χ4n) is 1.74. The van der Waals surface area contributed by atoms with E-state index in [2.05, 4.69) is 10.3 Å². The van der Waals surface area contributed by atoms with E-state index in [-0.39, 0.29) is 11.5 Å². The number of H-pyrrole nitrogens is 1. The molecule has 4 heteroatoms. The summed E-state index contributed by atoms with van der Waals surface area (Å²) in [6, 6.07) is 10.4. The van der Waals surface area contributed by atoms with E-state index in [1.807, 2.05) is 31.2 Å². The fourth-order valence-corrected chi connectivity index (χ4v) is 1.74. The first-order valence-corrected chi connectivity index (χ1v) is 5.63. The van der Waals surface area contributed by atoms with E-state index in [9.17, 15) is 9.59 Å². The second kappa shape index (κ2) is 4.87. The summed E-state index contributed by atoms with van der Waals surface area (Å²) >= 11 is 0. The highest BCUT2D eigenvalue weighted by Crippen LogP contribution is 2.11. The van der Waals surface area contributed by atoms with Gasteiger partial charge in [0.25, 0.3) is 5.91 Å². The number of rotatable bonds is 2. The topological polar surface area (TPSA) is 62.0 Å². The molecule has 2 rings (SSSR count). The highest BCUT2D eigenvalue weighted by molar-refractivity contribution is 6.04. The van der Waals surface area contributed by atoms with Crippen molar-refractivity contribution in [3.63, 3.8) is 0 Å². The van der Waals surface area contributed by atoms with Crippen LogP contribution in [0, 0.1) is 13.8 Å². The lowest BCUT2D eigenvalue weighted by molar-refractivity contribution is 0.102. The van der Waals surface area contributed by atoms with Crippen molar-refractivity contribution in [2.45, 2.75) is 13.8 Å². The van der Waals surface area contributed by atoms with Gasteiger partial charge in [-0.2, -0.15) is 0 Å². The van der Waals surface area contributed by atoms with E-state index in [1.54, 1.807) is 13.0 Å². The number of aromatic nitrogens is 1. The maximum absolute atomic E-state index is 12.0. The SMILES string of the molecule is Cc1cccc(NC(=O)c2cc(C)[nH]c(=O)c2)c1. The predicted molar refractivity (Wildman–Crippen MR) is 70.9 cm³/mol. The first-order chi connectivity index (χ1) is 8.54. The summed E-state index contributed by atoms with van der Waals surface area (Å²) < 4.78 is 0. The fraction of sp³-hybridized carbons (Fsp3) is 0.143. The lowest BCUT2D eigenvalue weighted by Crippen LogP contribution is -2.16. The normalized spacial score (nSPS) is 10.1. The zero-order valence-electron chi connectivity index (χ0n) is 10.3. The van der Waals surface area contributed by atoms with Crippen LogP contribution in [0.15, 0.2) is 41.2 Å². The summed E-state index contributed by atoms with van der Waals surface area (Å²) in [6.07, 6.45) is 0. The van der Waals surface area contributed by atoms with Gasteiger partial charge in [0.2, 0.25) is 5.56 Å². The molecule has 92 valence electrons. The van der Waals surface area contributed by atoms with Crippen LogP contribution in [0.3, 0.4) is 0 Å². The number of carbonyl (C=O) groups is 1. The number of amides is 1. The molecule has 2 aromatic rings. The van der Waals surface area contributed by atoms with Gasteiger partial charge in [0.1, 0.15) is 0 Å². The van der Waals surface area contributed by atoms with Crippen LogP contribution in [0.4, 0.5) is 5.69 Å². The van der Waals surface area contributed by atoms with Crippen molar-refractivity contribution in [1.29, 1.82) is 0 Å². The molecule has 0 radical (unpaired) electrons. The standard InChI is InChI=1S/C14H14N2O2/c1-9-4-3-5-12(6-9)16-14(18)11-7-10(2)15-13(17)8-11/h3-8H,1-2H3,(H,15,17)(H,16,18). The lowest BCUT2D eigenvalue weighted by Gasteiger charge is -2.06. The smallest absolute Gasteiger partial charge is 0.255 e. The molecule has 0 saturated carbocycles. The van der Waals surface area contributed by atoms with E-state index in [4.69, 9.17) is 0 Å². The van der Waals surface area contributed by atoms with Gasteiger partial charge in [-0.1, -0.05) is 12.1 Å². The number of hydrogen-bond donors (Lipinski definition) is 2. The van der Waals surface area contributed by atoms with Gasteiger partial charge in [0.15, 0.2) is 0 Å². The molecule has 1 aromatic heterocycles.